The van der Waals surface area contributed by atoms with Gasteiger partial charge in [0, 0.05) is 12.1 Å². The molecule has 0 radical (unpaired) electrons. The van der Waals surface area contributed by atoms with Gasteiger partial charge in [-0.2, -0.15) is 0 Å². The first-order chi connectivity index (χ1) is 11.2. The maximum absolute atomic E-state index is 12.8. The zero-order chi connectivity index (χ0) is 17.9. The van der Waals surface area contributed by atoms with Crippen LogP contribution in [0.4, 0.5) is 11.4 Å². The van der Waals surface area contributed by atoms with E-state index in [1.807, 2.05) is 0 Å². The van der Waals surface area contributed by atoms with Gasteiger partial charge in [-0.05, 0) is 24.6 Å². The molecule has 0 amide bonds. The molecule has 0 unspecified atom stereocenters. The lowest BCUT2D eigenvalue weighted by atomic mass is 10.2. The number of aryl methyl sites for hydroxylation is 1. The topological polar surface area (TPSA) is 118 Å². The van der Waals surface area contributed by atoms with Gasteiger partial charge in [-0.15, -0.1) is 0 Å². The molecule has 0 fully saturated rings. The Labute approximate surface area is 138 Å². The lowest BCUT2D eigenvalue weighted by Crippen LogP contribution is -2.36. The van der Waals surface area contributed by atoms with Gasteiger partial charge < -0.3 is 5.11 Å². The van der Waals surface area contributed by atoms with Gasteiger partial charge in [0.1, 0.15) is 6.54 Å². The fraction of sp³-hybridized carbons (Fsp3) is 0.133. The van der Waals surface area contributed by atoms with Crippen LogP contribution in [0, 0.1) is 17.0 Å². The molecule has 24 heavy (non-hydrogen) atoms. The number of carboxylic acid groups (broad SMARTS) is 1. The summed E-state index contributed by atoms with van der Waals surface area (Å²) in [6.45, 7) is 0.702. The molecule has 0 aliphatic rings. The summed E-state index contributed by atoms with van der Waals surface area (Å²) in [5.74, 6) is -1.37. The minimum Gasteiger partial charge on any atom is -0.480 e. The molecule has 0 aromatic heterocycles. The summed E-state index contributed by atoms with van der Waals surface area (Å²) in [4.78, 5) is 21.3. The van der Waals surface area contributed by atoms with Crippen molar-refractivity contribution in [1.82, 2.24) is 0 Å². The van der Waals surface area contributed by atoms with E-state index >= 15 is 0 Å². The molecule has 8 nitrogen and oxygen atoms in total. The predicted molar refractivity (Wildman–Crippen MR) is 86.4 cm³/mol. The molecule has 0 aliphatic carbocycles. The highest BCUT2D eigenvalue weighted by Crippen LogP contribution is 2.30. The molecule has 1 N–H and O–H groups in total. The van der Waals surface area contributed by atoms with Crippen LogP contribution in [0.15, 0.2) is 53.4 Å². The quantitative estimate of drug-likeness (QED) is 0.630. The number of aliphatic carboxylic acids is 1. The number of hydrogen-bond donors (Lipinski definition) is 1. The van der Waals surface area contributed by atoms with Crippen molar-refractivity contribution in [1.29, 1.82) is 0 Å². The van der Waals surface area contributed by atoms with E-state index in [1.54, 1.807) is 13.0 Å². The first-order valence-electron chi connectivity index (χ1n) is 6.78. The molecule has 0 bridgehead atoms. The summed E-state index contributed by atoms with van der Waals surface area (Å²) in [7, 11) is -4.18. The third-order valence-electron chi connectivity index (χ3n) is 3.28. The first-order valence-corrected chi connectivity index (χ1v) is 8.22. The van der Waals surface area contributed by atoms with Gasteiger partial charge in [0.05, 0.1) is 15.5 Å². The van der Waals surface area contributed by atoms with Crippen molar-refractivity contribution in [2.45, 2.75) is 11.8 Å². The molecular formula is C15H14N2O6S. The molecule has 0 saturated carbocycles. The molecule has 2 aromatic rings. The Morgan fingerprint density at radius 3 is 2.38 bits per heavy atom. The normalized spacial score (nSPS) is 11.0. The Kier molecular flexibility index (Phi) is 4.84. The molecule has 9 heteroatoms. The van der Waals surface area contributed by atoms with Crippen molar-refractivity contribution >= 4 is 27.4 Å². The SMILES string of the molecule is Cc1ccc([N+](=O)[O-])cc1N(CC(=O)O)S(=O)(=O)c1ccccc1. The Morgan fingerprint density at radius 1 is 1.21 bits per heavy atom. The van der Waals surface area contributed by atoms with Crippen LogP contribution < -0.4 is 4.31 Å². The van der Waals surface area contributed by atoms with E-state index < -0.39 is 27.5 Å². The summed E-state index contributed by atoms with van der Waals surface area (Å²) in [6.07, 6.45) is 0. The molecule has 0 saturated heterocycles. The number of rotatable bonds is 6. The highest BCUT2D eigenvalue weighted by atomic mass is 32.2. The minimum absolute atomic E-state index is 0.0459. The minimum atomic E-state index is -4.18. The second kappa shape index (κ2) is 6.67. The number of carboxylic acids is 1. The molecule has 2 rings (SSSR count). The molecular weight excluding hydrogens is 336 g/mol. The second-order valence-corrected chi connectivity index (χ2v) is 6.81. The van der Waals surface area contributed by atoms with E-state index in [-0.39, 0.29) is 16.3 Å². The van der Waals surface area contributed by atoms with Gasteiger partial charge in [-0.1, -0.05) is 24.3 Å². The number of nitro groups is 1. The lowest BCUT2D eigenvalue weighted by Gasteiger charge is -2.24. The van der Waals surface area contributed by atoms with Crippen LogP contribution in [0.3, 0.4) is 0 Å². The highest BCUT2D eigenvalue weighted by Gasteiger charge is 2.29. The number of benzene rings is 2. The molecule has 126 valence electrons. The number of nitro benzene ring substituents is 1. The van der Waals surface area contributed by atoms with Crippen LogP contribution in [-0.4, -0.2) is 31.0 Å². The Morgan fingerprint density at radius 2 is 1.83 bits per heavy atom. The van der Waals surface area contributed by atoms with Crippen LogP contribution in [-0.2, 0) is 14.8 Å². The molecule has 0 aliphatic heterocycles. The van der Waals surface area contributed by atoms with Crippen molar-refractivity contribution in [3.8, 4) is 0 Å². The van der Waals surface area contributed by atoms with Crippen molar-refractivity contribution in [2.24, 2.45) is 0 Å². The second-order valence-electron chi connectivity index (χ2n) is 4.95. The van der Waals surface area contributed by atoms with Gasteiger partial charge in [0.25, 0.3) is 15.7 Å². The number of nitrogens with zero attached hydrogens (tertiary/aromatic N) is 2. The standard InChI is InChI=1S/C15H14N2O6S/c1-11-7-8-12(17(20)21)9-14(11)16(10-15(18)19)24(22,23)13-5-3-2-4-6-13/h2-9H,10H2,1H3,(H,18,19). The third-order valence-corrected chi connectivity index (χ3v) is 5.06. The lowest BCUT2D eigenvalue weighted by molar-refractivity contribution is -0.384. The van der Waals surface area contributed by atoms with E-state index in [0.29, 0.717) is 9.87 Å². The van der Waals surface area contributed by atoms with Crippen molar-refractivity contribution < 1.29 is 23.2 Å². The summed E-state index contributed by atoms with van der Waals surface area (Å²) >= 11 is 0. The third kappa shape index (κ3) is 3.51. The highest BCUT2D eigenvalue weighted by molar-refractivity contribution is 7.92. The van der Waals surface area contributed by atoms with Gasteiger partial charge >= 0.3 is 5.97 Å². The van der Waals surface area contributed by atoms with E-state index in [1.165, 1.54) is 36.4 Å². The fourth-order valence-corrected chi connectivity index (χ4v) is 3.61. The Hall–Kier alpha value is -2.94. The van der Waals surface area contributed by atoms with Gasteiger partial charge in [0.2, 0.25) is 0 Å². The van der Waals surface area contributed by atoms with Crippen LogP contribution in [0.2, 0.25) is 0 Å². The van der Waals surface area contributed by atoms with Crippen molar-refractivity contribution in [3.05, 3.63) is 64.2 Å². The van der Waals surface area contributed by atoms with Crippen LogP contribution in [0.5, 0.6) is 0 Å². The van der Waals surface area contributed by atoms with Gasteiger partial charge in [-0.3, -0.25) is 19.2 Å². The average molecular weight is 350 g/mol. The molecule has 2 aromatic carbocycles. The first kappa shape index (κ1) is 17.4. The Balaban J connectivity index is 2.64. The van der Waals surface area contributed by atoms with E-state index in [0.717, 1.165) is 6.07 Å². The summed E-state index contributed by atoms with van der Waals surface area (Å²) in [5.41, 5.74) is 0.0334. The van der Waals surface area contributed by atoms with Gasteiger partial charge in [0.15, 0.2) is 0 Å². The van der Waals surface area contributed by atoms with Gasteiger partial charge in [-0.25, -0.2) is 8.42 Å². The Bertz CT molecular complexity index is 880. The number of non-ortho nitro benzene ring substituents is 1. The summed E-state index contributed by atoms with van der Waals surface area (Å²) < 4.78 is 26.2. The predicted octanol–water partition coefficient (Wildman–Crippen LogP) is 2.18. The maximum atomic E-state index is 12.8. The zero-order valence-corrected chi connectivity index (χ0v) is 13.4. The van der Waals surface area contributed by atoms with Crippen LogP contribution >= 0.6 is 0 Å². The van der Waals surface area contributed by atoms with Crippen LogP contribution in [0.1, 0.15) is 5.56 Å². The summed E-state index contributed by atoms with van der Waals surface area (Å²) in [5, 5.41) is 20.0. The number of sulfonamides is 1. The van der Waals surface area contributed by atoms with E-state index in [4.69, 9.17) is 5.11 Å². The fourth-order valence-electron chi connectivity index (χ4n) is 2.12. The largest absolute Gasteiger partial charge is 0.480 e. The average Bonchev–Trinajstić information content (AvgIpc) is 2.53. The van der Waals surface area contributed by atoms with Crippen molar-refractivity contribution in [3.63, 3.8) is 0 Å². The van der Waals surface area contributed by atoms with Crippen molar-refractivity contribution in [2.75, 3.05) is 10.8 Å². The van der Waals surface area contributed by atoms with E-state index in [2.05, 4.69) is 0 Å². The zero-order valence-electron chi connectivity index (χ0n) is 12.6. The molecule has 0 atom stereocenters. The smallest absolute Gasteiger partial charge is 0.324 e. The number of anilines is 1. The number of carbonyl (C=O) groups is 1. The molecule has 0 spiro atoms. The van der Waals surface area contributed by atoms with Crippen LogP contribution in [0.25, 0.3) is 0 Å². The molecule has 0 heterocycles. The van der Waals surface area contributed by atoms with E-state index in [9.17, 15) is 23.3 Å². The monoisotopic (exact) mass is 350 g/mol. The number of hydrogen-bond acceptors (Lipinski definition) is 5. The maximum Gasteiger partial charge on any atom is 0.324 e. The summed E-state index contributed by atoms with van der Waals surface area (Å²) in [6, 6.07) is 11.0.